The van der Waals surface area contributed by atoms with Crippen LogP contribution < -0.4 is 4.74 Å². The molecule has 130 valence electrons. The van der Waals surface area contributed by atoms with Gasteiger partial charge in [0, 0.05) is 6.61 Å². The number of carboxylic acid groups (broad SMARTS) is 1. The van der Waals surface area contributed by atoms with Crippen LogP contribution in [0.4, 0.5) is 0 Å². The molecule has 1 atom stereocenters. The molecule has 0 aliphatic rings. The average molecular weight is 322 g/mol. The molecule has 0 fully saturated rings. The Morgan fingerprint density at radius 2 is 1.74 bits per heavy atom. The number of aromatic carboxylic acids is 1. The topological polar surface area (TPSA) is 55.8 Å². The Labute approximate surface area is 139 Å². The first-order chi connectivity index (χ1) is 11.2. The van der Waals surface area contributed by atoms with Crippen molar-refractivity contribution in [3.05, 3.63) is 29.8 Å². The van der Waals surface area contributed by atoms with Crippen molar-refractivity contribution in [3.63, 3.8) is 0 Å². The molecule has 1 unspecified atom stereocenters. The van der Waals surface area contributed by atoms with Gasteiger partial charge in [-0.1, -0.05) is 33.1 Å². The molecule has 23 heavy (non-hydrogen) atoms. The highest BCUT2D eigenvalue weighted by Crippen LogP contribution is 2.15. The lowest BCUT2D eigenvalue weighted by molar-refractivity contribution is 0.0352. The minimum Gasteiger partial charge on any atom is -0.494 e. The van der Waals surface area contributed by atoms with Crippen LogP contribution in [0.25, 0.3) is 0 Å². The molecule has 0 amide bonds. The van der Waals surface area contributed by atoms with Gasteiger partial charge in [-0.3, -0.25) is 0 Å². The molecule has 0 saturated carbocycles. The summed E-state index contributed by atoms with van der Waals surface area (Å²) in [6, 6.07) is 6.53. The first kappa shape index (κ1) is 19.5. The number of carbonyl (C=O) groups is 1. The van der Waals surface area contributed by atoms with Crippen LogP contribution >= 0.6 is 0 Å². The Morgan fingerprint density at radius 3 is 2.35 bits per heavy atom. The highest BCUT2D eigenvalue weighted by Gasteiger charge is 2.08. The second kappa shape index (κ2) is 11.9. The van der Waals surface area contributed by atoms with Crippen LogP contribution in [-0.4, -0.2) is 30.4 Å². The SMILES string of the molecule is CCCCCOC(CCC)CCCOc1ccc(C(=O)O)cc1. The van der Waals surface area contributed by atoms with Crippen molar-refractivity contribution in [2.24, 2.45) is 0 Å². The van der Waals surface area contributed by atoms with Gasteiger partial charge in [0.15, 0.2) is 0 Å². The number of ether oxygens (including phenoxy) is 2. The molecule has 0 spiro atoms. The molecule has 1 rings (SSSR count). The van der Waals surface area contributed by atoms with E-state index in [2.05, 4.69) is 13.8 Å². The number of benzene rings is 1. The fourth-order valence-electron chi connectivity index (χ4n) is 2.43. The second-order valence-electron chi connectivity index (χ2n) is 5.81. The van der Waals surface area contributed by atoms with E-state index in [1.165, 1.54) is 12.8 Å². The van der Waals surface area contributed by atoms with Gasteiger partial charge in [0.1, 0.15) is 5.75 Å². The van der Waals surface area contributed by atoms with Crippen molar-refractivity contribution in [1.29, 1.82) is 0 Å². The zero-order valence-corrected chi connectivity index (χ0v) is 14.4. The van der Waals surface area contributed by atoms with E-state index in [9.17, 15) is 4.79 Å². The summed E-state index contributed by atoms with van der Waals surface area (Å²) in [4.78, 5) is 10.8. The van der Waals surface area contributed by atoms with Gasteiger partial charge in [0.25, 0.3) is 0 Å². The van der Waals surface area contributed by atoms with E-state index < -0.39 is 5.97 Å². The predicted molar refractivity (Wildman–Crippen MR) is 92.3 cm³/mol. The van der Waals surface area contributed by atoms with Crippen molar-refractivity contribution in [2.75, 3.05) is 13.2 Å². The highest BCUT2D eigenvalue weighted by atomic mass is 16.5. The molecule has 0 saturated heterocycles. The normalized spacial score (nSPS) is 12.1. The van der Waals surface area contributed by atoms with Crippen LogP contribution in [0.5, 0.6) is 5.75 Å². The summed E-state index contributed by atoms with van der Waals surface area (Å²) in [6.07, 6.45) is 8.10. The summed E-state index contributed by atoms with van der Waals surface area (Å²) < 4.78 is 11.6. The highest BCUT2D eigenvalue weighted by molar-refractivity contribution is 5.87. The zero-order chi connectivity index (χ0) is 16.9. The van der Waals surface area contributed by atoms with Crippen molar-refractivity contribution >= 4 is 5.97 Å². The van der Waals surface area contributed by atoms with E-state index in [-0.39, 0.29) is 5.56 Å². The van der Waals surface area contributed by atoms with Crippen LogP contribution in [0.15, 0.2) is 24.3 Å². The molecule has 1 N–H and O–H groups in total. The van der Waals surface area contributed by atoms with E-state index >= 15 is 0 Å². The quantitative estimate of drug-likeness (QED) is 0.524. The van der Waals surface area contributed by atoms with Gasteiger partial charge in [-0.2, -0.15) is 0 Å². The maximum atomic E-state index is 10.8. The predicted octanol–water partition coefficient (Wildman–Crippen LogP) is 4.92. The third-order valence-corrected chi connectivity index (χ3v) is 3.75. The lowest BCUT2D eigenvalue weighted by atomic mass is 10.1. The Kier molecular flexibility index (Phi) is 10.1. The summed E-state index contributed by atoms with van der Waals surface area (Å²) in [5.74, 6) is -0.204. The van der Waals surface area contributed by atoms with E-state index in [4.69, 9.17) is 14.6 Å². The molecule has 1 aromatic carbocycles. The van der Waals surface area contributed by atoms with Crippen molar-refractivity contribution in [2.45, 2.75) is 64.9 Å². The second-order valence-corrected chi connectivity index (χ2v) is 5.81. The molecule has 0 bridgehead atoms. The molecule has 0 heterocycles. The third-order valence-electron chi connectivity index (χ3n) is 3.75. The van der Waals surface area contributed by atoms with Crippen LogP contribution in [0.2, 0.25) is 0 Å². The molecule has 4 heteroatoms. The minimum absolute atomic E-state index is 0.279. The van der Waals surface area contributed by atoms with E-state index in [0.717, 1.165) is 38.7 Å². The molecule has 0 radical (unpaired) electrons. The van der Waals surface area contributed by atoms with Crippen molar-refractivity contribution in [1.82, 2.24) is 0 Å². The maximum absolute atomic E-state index is 10.8. The van der Waals surface area contributed by atoms with Gasteiger partial charge in [0.05, 0.1) is 18.3 Å². The monoisotopic (exact) mass is 322 g/mol. The molecule has 4 nitrogen and oxygen atoms in total. The summed E-state index contributed by atoms with van der Waals surface area (Å²) in [7, 11) is 0. The van der Waals surface area contributed by atoms with Crippen LogP contribution in [0.3, 0.4) is 0 Å². The Hall–Kier alpha value is -1.55. The van der Waals surface area contributed by atoms with Crippen molar-refractivity contribution in [3.8, 4) is 5.75 Å². The Morgan fingerprint density at radius 1 is 1.00 bits per heavy atom. The summed E-state index contributed by atoms with van der Waals surface area (Å²) >= 11 is 0. The molecular formula is C19H30O4. The first-order valence-electron chi connectivity index (χ1n) is 8.75. The molecule has 1 aromatic rings. The Balaban J connectivity index is 2.23. The number of hydrogen-bond acceptors (Lipinski definition) is 3. The fraction of sp³-hybridized carbons (Fsp3) is 0.632. The fourth-order valence-corrected chi connectivity index (χ4v) is 2.43. The molecule has 0 aliphatic carbocycles. The summed E-state index contributed by atoms with van der Waals surface area (Å²) in [5, 5.41) is 8.85. The zero-order valence-electron chi connectivity index (χ0n) is 14.4. The molecule has 0 aliphatic heterocycles. The van der Waals surface area contributed by atoms with E-state index in [1.807, 2.05) is 0 Å². The number of rotatable bonds is 13. The molecule has 0 aromatic heterocycles. The molecular weight excluding hydrogens is 292 g/mol. The van der Waals surface area contributed by atoms with E-state index in [0.29, 0.717) is 18.5 Å². The smallest absolute Gasteiger partial charge is 0.335 e. The summed E-state index contributed by atoms with van der Waals surface area (Å²) in [6.45, 7) is 5.87. The van der Waals surface area contributed by atoms with E-state index in [1.54, 1.807) is 24.3 Å². The number of hydrogen-bond donors (Lipinski definition) is 1. The summed E-state index contributed by atoms with van der Waals surface area (Å²) in [5.41, 5.74) is 0.279. The maximum Gasteiger partial charge on any atom is 0.335 e. The van der Waals surface area contributed by atoms with Gasteiger partial charge in [-0.25, -0.2) is 4.79 Å². The van der Waals surface area contributed by atoms with Crippen LogP contribution in [-0.2, 0) is 4.74 Å². The Bertz CT molecular complexity index is 428. The standard InChI is InChI=1S/C19H30O4/c1-3-5-6-14-22-17(8-4-2)9-7-15-23-18-12-10-16(11-13-18)19(20)21/h10-13,17H,3-9,14-15H2,1-2H3,(H,20,21). The van der Waals surface area contributed by atoms with Gasteiger partial charge in [0.2, 0.25) is 0 Å². The van der Waals surface area contributed by atoms with Gasteiger partial charge in [-0.05, 0) is 49.9 Å². The first-order valence-corrected chi connectivity index (χ1v) is 8.75. The largest absolute Gasteiger partial charge is 0.494 e. The number of unbranched alkanes of at least 4 members (excludes halogenated alkanes) is 2. The number of carboxylic acids is 1. The van der Waals surface area contributed by atoms with Gasteiger partial charge >= 0.3 is 5.97 Å². The van der Waals surface area contributed by atoms with Gasteiger partial charge in [-0.15, -0.1) is 0 Å². The lowest BCUT2D eigenvalue weighted by Gasteiger charge is -2.17. The van der Waals surface area contributed by atoms with Crippen LogP contribution in [0.1, 0.15) is 69.2 Å². The van der Waals surface area contributed by atoms with Gasteiger partial charge < -0.3 is 14.6 Å². The van der Waals surface area contributed by atoms with Crippen molar-refractivity contribution < 1.29 is 19.4 Å². The average Bonchev–Trinajstić information content (AvgIpc) is 2.55. The third kappa shape index (κ3) is 8.60. The van der Waals surface area contributed by atoms with Crippen LogP contribution in [0, 0.1) is 0 Å². The minimum atomic E-state index is -0.917. The lowest BCUT2D eigenvalue weighted by Crippen LogP contribution is -2.15.